The van der Waals surface area contributed by atoms with E-state index in [1.807, 2.05) is 62.4 Å². The fraction of sp³-hybridized carbons (Fsp3) is 0.190. The number of hydrogen-bond donors (Lipinski definition) is 1. The molecule has 0 aliphatic carbocycles. The molecule has 0 aliphatic heterocycles. The molecule has 0 radical (unpaired) electrons. The second kappa shape index (κ2) is 8.23. The van der Waals surface area contributed by atoms with Crippen molar-refractivity contribution in [3.05, 3.63) is 76.5 Å². The van der Waals surface area contributed by atoms with Gasteiger partial charge in [-0.15, -0.1) is 0 Å². The summed E-state index contributed by atoms with van der Waals surface area (Å²) in [4.78, 5) is 12.4. The van der Waals surface area contributed by atoms with Gasteiger partial charge in [-0.1, -0.05) is 34.1 Å². The zero-order valence-electron chi connectivity index (χ0n) is 14.7. The van der Waals surface area contributed by atoms with Crippen LogP contribution in [0.5, 0.6) is 5.75 Å². The summed E-state index contributed by atoms with van der Waals surface area (Å²) in [5.41, 5.74) is 1.55. The molecule has 3 rings (SSSR count). The highest BCUT2D eigenvalue weighted by atomic mass is 79.9. The van der Waals surface area contributed by atoms with Crippen molar-refractivity contribution in [2.75, 3.05) is 0 Å². The van der Waals surface area contributed by atoms with E-state index in [2.05, 4.69) is 21.2 Å². The zero-order valence-corrected chi connectivity index (χ0v) is 16.2. The Balaban J connectivity index is 1.62. The molecule has 134 valence electrons. The molecule has 4 nitrogen and oxygen atoms in total. The minimum atomic E-state index is -0.166. The lowest BCUT2D eigenvalue weighted by Gasteiger charge is -2.10. The molecule has 0 spiro atoms. The molecular weight excluding hydrogens is 394 g/mol. The highest BCUT2D eigenvalue weighted by molar-refractivity contribution is 9.10. The molecule has 5 heteroatoms. The van der Waals surface area contributed by atoms with Gasteiger partial charge < -0.3 is 14.5 Å². The number of halogens is 1. The number of rotatable bonds is 6. The Labute approximate surface area is 161 Å². The number of benzene rings is 2. The topological polar surface area (TPSA) is 51.5 Å². The lowest BCUT2D eigenvalue weighted by molar-refractivity contribution is 0.0947. The van der Waals surface area contributed by atoms with Gasteiger partial charge in [0.25, 0.3) is 5.91 Å². The van der Waals surface area contributed by atoms with Crippen molar-refractivity contribution in [1.82, 2.24) is 5.32 Å². The quantitative estimate of drug-likeness (QED) is 0.586. The molecule has 1 amide bonds. The average Bonchev–Trinajstić information content (AvgIpc) is 3.09. The van der Waals surface area contributed by atoms with Crippen molar-refractivity contribution in [2.45, 2.75) is 26.5 Å². The number of amides is 1. The van der Waals surface area contributed by atoms with Crippen LogP contribution in [0.3, 0.4) is 0 Å². The molecule has 26 heavy (non-hydrogen) atoms. The molecule has 0 saturated heterocycles. The first-order valence-corrected chi connectivity index (χ1v) is 9.20. The predicted octanol–water partition coefficient (Wildman–Crippen LogP) is 5.43. The maximum Gasteiger partial charge on any atom is 0.251 e. The number of nitrogens with one attached hydrogen (secondary N) is 1. The molecule has 3 aromatic rings. The van der Waals surface area contributed by atoms with E-state index in [0.717, 1.165) is 15.8 Å². The third kappa shape index (κ3) is 4.76. The van der Waals surface area contributed by atoms with Crippen LogP contribution in [-0.4, -0.2) is 12.0 Å². The van der Waals surface area contributed by atoms with Gasteiger partial charge in [-0.25, -0.2) is 0 Å². The van der Waals surface area contributed by atoms with Crippen LogP contribution in [-0.2, 0) is 6.54 Å². The Morgan fingerprint density at radius 2 is 1.88 bits per heavy atom. The Morgan fingerprint density at radius 3 is 2.62 bits per heavy atom. The molecule has 0 saturated carbocycles. The summed E-state index contributed by atoms with van der Waals surface area (Å²) in [6.07, 6.45) is 0.0634. The Hall–Kier alpha value is -2.53. The zero-order chi connectivity index (χ0) is 18.5. The molecule has 1 heterocycles. The summed E-state index contributed by atoms with van der Waals surface area (Å²) in [6.45, 7) is 4.23. The van der Waals surface area contributed by atoms with Crippen LogP contribution >= 0.6 is 15.9 Å². The SMILES string of the molecule is CC(C)Oc1cccc(C(=O)NCc2ccc(-c3ccc(Br)cc3)o2)c1. The molecule has 0 aliphatic rings. The van der Waals surface area contributed by atoms with E-state index in [0.29, 0.717) is 23.6 Å². The second-order valence-electron chi connectivity index (χ2n) is 6.15. The first kappa shape index (κ1) is 18.3. The second-order valence-corrected chi connectivity index (χ2v) is 7.07. The van der Waals surface area contributed by atoms with Gasteiger partial charge in [-0.05, 0) is 56.3 Å². The van der Waals surface area contributed by atoms with Crippen LogP contribution < -0.4 is 10.1 Å². The van der Waals surface area contributed by atoms with Gasteiger partial charge >= 0.3 is 0 Å². The van der Waals surface area contributed by atoms with Crippen LogP contribution in [0.25, 0.3) is 11.3 Å². The van der Waals surface area contributed by atoms with Gasteiger partial charge in [0, 0.05) is 15.6 Å². The van der Waals surface area contributed by atoms with Crippen LogP contribution in [0.1, 0.15) is 30.0 Å². The van der Waals surface area contributed by atoms with E-state index in [-0.39, 0.29) is 12.0 Å². The first-order chi connectivity index (χ1) is 12.5. The van der Waals surface area contributed by atoms with Gasteiger partial charge in [-0.3, -0.25) is 4.79 Å². The number of furan rings is 1. The Kier molecular flexibility index (Phi) is 5.78. The van der Waals surface area contributed by atoms with Crippen molar-refractivity contribution in [3.63, 3.8) is 0 Å². The minimum absolute atomic E-state index is 0.0634. The number of carbonyl (C=O) groups is 1. The number of carbonyl (C=O) groups excluding carboxylic acids is 1. The number of hydrogen-bond acceptors (Lipinski definition) is 3. The van der Waals surface area contributed by atoms with E-state index in [9.17, 15) is 4.79 Å². The Bertz CT molecular complexity index is 884. The summed E-state index contributed by atoms with van der Waals surface area (Å²) in [5, 5.41) is 2.87. The number of ether oxygens (including phenoxy) is 1. The summed E-state index contributed by atoms with van der Waals surface area (Å²) >= 11 is 3.42. The molecule has 0 bridgehead atoms. The van der Waals surface area contributed by atoms with Crippen molar-refractivity contribution in [3.8, 4) is 17.1 Å². The monoisotopic (exact) mass is 413 g/mol. The van der Waals surface area contributed by atoms with Gasteiger partial charge in [0.1, 0.15) is 17.3 Å². The van der Waals surface area contributed by atoms with Gasteiger partial charge in [0.05, 0.1) is 12.6 Å². The minimum Gasteiger partial charge on any atom is -0.491 e. The van der Waals surface area contributed by atoms with Crippen molar-refractivity contribution >= 4 is 21.8 Å². The van der Waals surface area contributed by atoms with Gasteiger partial charge in [-0.2, -0.15) is 0 Å². The lowest BCUT2D eigenvalue weighted by atomic mass is 10.2. The highest BCUT2D eigenvalue weighted by Crippen LogP contribution is 2.24. The molecule has 1 N–H and O–H groups in total. The molecule has 1 aromatic heterocycles. The summed E-state index contributed by atoms with van der Waals surface area (Å²) in [5.74, 6) is 1.99. The molecule has 0 atom stereocenters. The van der Waals surface area contributed by atoms with Crippen LogP contribution in [0, 0.1) is 0 Å². The average molecular weight is 414 g/mol. The first-order valence-electron chi connectivity index (χ1n) is 8.41. The summed E-state index contributed by atoms with van der Waals surface area (Å²) in [6, 6.07) is 18.8. The normalized spacial score (nSPS) is 10.8. The molecular formula is C21H20BrNO3. The third-order valence-corrected chi connectivity index (χ3v) is 4.21. The van der Waals surface area contributed by atoms with Crippen LogP contribution in [0.2, 0.25) is 0 Å². The summed E-state index contributed by atoms with van der Waals surface area (Å²) < 4.78 is 12.5. The fourth-order valence-corrected chi connectivity index (χ4v) is 2.76. The van der Waals surface area contributed by atoms with Crippen LogP contribution in [0.15, 0.2) is 69.6 Å². The van der Waals surface area contributed by atoms with Crippen LogP contribution in [0.4, 0.5) is 0 Å². The molecule has 2 aromatic carbocycles. The van der Waals surface area contributed by atoms with E-state index >= 15 is 0 Å². The smallest absolute Gasteiger partial charge is 0.251 e. The summed E-state index contributed by atoms with van der Waals surface area (Å²) in [7, 11) is 0. The van der Waals surface area contributed by atoms with Crippen molar-refractivity contribution in [1.29, 1.82) is 0 Å². The van der Waals surface area contributed by atoms with Crippen molar-refractivity contribution in [2.24, 2.45) is 0 Å². The maximum atomic E-state index is 12.4. The van der Waals surface area contributed by atoms with E-state index in [1.54, 1.807) is 12.1 Å². The third-order valence-electron chi connectivity index (χ3n) is 3.68. The highest BCUT2D eigenvalue weighted by Gasteiger charge is 2.10. The van der Waals surface area contributed by atoms with E-state index in [4.69, 9.17) is 9.15 Å². The largest absolute Gasteiger partial charge is 0.491 e. The molecule has 0 fully saturated rings. The van der Waals surface area contributed by atoms with E-state index in [1.165, 1.54) is 0 Å². The molecule has 0 unspecified atom stereocenters. The lowest BCUT2D eigenvalue weighted by Crippen LogP contribution is -2.22. The van der Waals surface area contributed by atoms with E-state index < -0.39 is 0 Å². The van der Waals surface area contributed by atoms with Gasteiger partial charge in [0.15, 0.2) is 0 Å². The standard InChI is InChI=1S/C21H20BrNO3/c1-14(2)25-18-5-3-4-16(12-18)21(24)23-13-19-10-11-20(26-19)15-6-8-17(22)9-7-15/h3-12,14H,13H2,1-2H3,(H,23,24). The van der Waals surface area contributed by atoms with Gasteiger partial charge in [0.2, 0.25) is 0 Å². The Morgan fingerprint density at radius 1 is 1.12 bits per heavy atom. The maximum absolute atomic E-state index is 12.4. The van der Waals surface area contributed by atoms with Crippen molar-refractivity contribution < 1.29 is 13.9 Å². The fourth-order valence-electron chi connectivity index (χ4n) is 2.49. The predicted molar refractivity (Wildman–Crippen MR) is 105 cm³/mol.